The Morgan fingerprint density at radius 3 is 2.54 bits per heavy atom. The van der Waals surface area contributed by atoms with E-state index in [4.69, 9.17) is 9.72 Å². The van der Waals surface area contributed by atoms with Crippen LogP contribution < -0.4 is 5.32 Å². The van der Waals surface area contributed by atoms with E-state index in [1.54, 1.807) is 0 Å². The van der Waals surface area contributed by atoms with Crippen LogP contribution in [0.3, 0.4) is 0 Å². The van der Waals surface area contributed by atoms with Gasteiger partial charge in [0.1, 0.15) is 5.82 Å². The molecule has 188 valence electrons. The Bertz CT molecular complexity index is 1220. The maximum atomic E-state index is 10.4. The van der Waals surface area contributed by atoms with Crippen LogP contribution in [0.5, 0.6) is 0 Å². The number of nitrogens with zero attached hydrogens (tertiary/aromatic N) is 5. The highest BCUT2D eigenvalue weighted by Gasteiger charge is 2.44. The first kappa shape index (κ1) is 24.2. The van der Waals surface area contributed by atoms with Gasteiger partial charge in [-0.3, -0.25) is 9.58 Å². The second-order valence-electron chi connectivity index (χ2n) is 11.5. The number of nitrogens with one attached hydrogen (secondary N) is 1. The average molecular weight is 479 g/mol. The second kappa shape index (κ2) is 8.84. The lowest BCUT2D eigenvalue weighted by Gasteiger charge is -2.43. The van der Waals surface area contributed by atoms with E-state index in [1.807, 2.05) is 17.9 Å². The van der Waals surface area contributed by atoms with E-state index in [1.165, 1.54) is 11.1 Å². The van der Waals surface area contributed by atoms with Gasteiger partial charge in [0.2, 0.25) is 5.95 Å². The number of likely N-dealkylation sites (tertiary alicyclic amines) is 1. The molecule has 8 nitrogen and oxygen atoms in total. The van der Waals surface area contributed by atoms with Gasteiger partial charge < -0.3 is 15.2 Å². The number of rotatable bonds is 4. The average Bonchev–Trinajstić information content (AvgIpc) is 3.36. The van der Waals surface area contributed by atoms with Crippen molar-refractivity contribution >= 4 is 22.7 Å². The van der Waals surface area contributed by atoms with Gasteiger partial charge in [0.05, 0.1) is 36.1 Å². The normalized spacial score (nSPS) is 24.4. The number of aliphatic hydroxyl groups excluding tert-OH is 1. The number of hydrogen-bond donors (Lipinski definition) is 2. The Balaban J connectivity index is 1.35. The van der Waals surface area contributed by atoms with Gasteiger partial charge in [0.15, 0.2) is 0 Å². The molecule has 0 spiro atoms. The summed E-state index contributed by atoms with van der Waals surface area (Å²) in [7, 11) is 1.93. The van der Waals surface area contributed by atoms with Crippen molar-refractivity contribution in [2.24, 2.45) is 7.05 Å². The van der Waals surface area contributed by atoms with Crippen LogP contribution in [0.4, 0.5) is 11.8 Å². The number of benzene rings is 1. The number of fused-ring (bicyclic) bond motifs is 1. The monoisotopic (exact) mass is 478 g/mol. The maximum Gasteiger partial charge on any atom is 0.228 e. The lowest BCUT2D eigenvalue weighted by Crippen LogP contribution is -2.56. The van der Waals surface area contributed by atoms with Crippen LogP contribution in [0, 0.1) is 6.92 Å². The summed E-state index contributed by atoms with van der Waals surface area (Å²) in [5, 5.41) is 19.5. The fourth-order valence-corrected chi connectivity index (χ4v) is 5.43. The molecule has 0 unspecified atom stereocenters. The van der Waals surface area contributed by atoms with Crippen molar-refractivity contribution in [1.29, 1.82) is 0 Å². The molecule has 2 aromatic heterocycles. The fraction of sp³-hybridized carbons (Fsp3) is 0.593. The van der Waals surface area contributed by atoms with Crippen LogP contribution in [0.1, 0.15) is 63.3 Å². The molecule has 0 bridgehead atoms. The summed E-state index contributed by atoms with van der Waals surface area (Å²) in [6.45, 7) is 13.8. The predicted molar refractivity (Wildman–Crippen MR) is 138 cm³/mol. The molecule has 0 amide bonds. The number of aryl methyl sites for hydroxylation is 2. The Hall–Kier alpha value is -2.55. The van der Waals surface area contributed by atoms with Crippen molar-refractivity contribution in [1.82, 2.24) is 24.6 Å². The standard InChI is InChI=1S/C27H38N6O2/c1-17-11-19-14-28-25(30-24-13-22(26(2,3)4)31-32(24)6)29-21(19)12-20(17)18-7-9-33(10-8-18)27(5)16-35-15-23(27)34/h11-14,18,23,34H,7-10,15-16H2,1-6H3,(H,28,29,30)/t23-,27+/m1/s1. The van der Waals surface area contributed by atoms with Gasteiger partial charge in [-0.2, -0.15) is 5.10 Å². The third-order valence-corrected chi connectivity index (χ3v) is 7.90. The van der Waals surface area contributed by atoms with Gasteiger partial charge in [-0.15, -0.1) is 0 Å². The quantitative estimate of drug-likeness (QED) is 0.585. The largest absolute Gasteiger partial charge is 0.389 e. The highest BCUT2D eigenvalue weighted by atomic mass is 16.5. The summed E-state index contributed by atoms with van der Waals surface area (Å²) in [4.78, 5) is 11.8. The van der Waals surface area contributed by atoms with Gasteiger partial charge in [-0.25, -0.2) is 9.97 Å². The molecule has 4 heterocycles. The van der Waals surface area contributed by atoms with Crippen molar-refractivity contribution in [2.45, 2.75) is 70.4 Å². The van der Waals surface area contributed by atoms with Crippen molar-refractivity contribution in [3.63, 3.8) is 0 Å². The second-order valence-corrected chi connectivity index (χ2v) is 11.5. The van der Waals surface area contributed by atoms with E-state index in [9.17, 15) is 5.11 Å². The summed E-state index contributed by atoms with van der Waals surface area (Å²) < 4.78 is 7.41. The minimum Gasteiger partial charge on any atom is -0.389 e. The molecule has 0 aliphatic carbocycles. The summed E-state index contributed by atoms with van der Waals surface area (Å²) in [6.07, 6.45) is 3.61. The highest BCUT2D eigenvalue weighted by Crippen LogP contribution is 2.37. The summed E-state index contributed by atoms with van der Waals surface area (Å²) in [5.74, 6) is 1.94. The highest BCUT2D eigenvalue weighted by molar-refractivity contribution is 5.81. The van der Waals surface area contributed by atoms with Crippen molar-refractivity contribution in [3.8, 4) is 0 Å². The molecule has 35 heavy (non-hydrogen) atoms. The van der Waals surface area contributed by atoms with E-state index in [-0.39, 0.29) is 11.0 Å². The molecule has 2 atom stereocenters. The molecule has 0 saturated carbocycles. The molecule has 1 aromatic carbocycles. The lowest BCUT2D eigenvalue weighted by atomic mass is 9.84. The van der Waals surface area contributed by atoms with Crippen LogP contribution in [0.15, 0.2) is 24.4 Å². The number of aromatic nitrogens is 4. The summed E-state index contributed by atoms with van der Waals surface area (Å²) >= 11 is 0. The van der Waals surface area contributed by atoms with Crippen LogP contribution in [-0.4, -0.2) is 67.7 Å². The SMILES string of the molecule is Cc1cc2cnc(Nc3cc(C(C)(C)C)nn3C)nc2cc1C1CCN([C@@]2(C)COC[C@H]2O)CC1. The molecule has 2 aliphatic rings. The molecule has 8 heteroatoms. The van der Waals surface area contributed by atoms with E-state index < -0.39 is 6.10 Å². The first-order chi connectivity index (χ1) is 16.5. The van der Waals surface area contributed by atoms with Crippen LogP contribution in [0.2, 0.25) is 0 Å². The van der Waals surface area contributed by atoms with Crippen LogP contribution in [-0.2, 0) is 17.2 Å². The first-order valence-electron chi connectivity index (χ1n) is 12.6. The summed E-state index contributed by atoms with van der Waals surface area (Å²) in [6, 6.07) is 6.52. The molecule has 2 saturated heterocycles. The number of anilines is 2. The molecule has 2 aliphatic heterocycles. The fourth-order valence-electron chi connectivity index (χ4n) is 5.43. The van der Waals surface area contributed by atoms with E-state index in [0.717, 1.165) is 48.3 Å². The Kier molecular flexibility index (Phi) is 6.10. The van der Waals surface area contributed by atoms with E-state index >= 15 is 0 Å². The number of aliphatic hydroxyl groups is 1. The molecular weight excluding hydrogens is 440 g/mol. The topological polar surface area (TPSA) is 88.3 Å². The van der Waals surface area contributed by atoms with E-state index in [2.05, 4.69) is 73.1 Å². The van der Waals surface area contributed by atoms with Gasteiger partial charge in [0.25, 0.3) is 0 Å². The third kappa shape index (κ3) is 4.55. The number of ether oxygens (including phenoxy) is 1. The van der Waals surface area contributed by atoms with E-state index in [0.29, 0.717) is 25.1 Å². The van der Waals surface area contributed by atoms with Crippen molar-refractivity contribution in [2.75, 3.05) is 31.6 Å². The van der Waals surface area contributed by atoms with Crippen molar-refractivity contribution < 1.29 is 9.84 Å². The minimum absolute atomic E-state index is 0.0236. The molecule has 5 rings (SSSR count). The number of piperidine rings is 1. The molecular formula is C27H38N6O2. The van der Waals surface area contributed by atoms with Crippen molar-refractivity contribution in [3.05, 3.63) is 41.2 Å². The third-order valence-electron chi connectivity index (χ3n) is 7.90. The molecule has 3 aromatic rings. The first-order valence-corrected chi connectivity index (χ1v) is 12.6. The molecule has 2 fully saturated rings. The number of hydrogen-bond acceptors (Lipinski definition) is 7. The Labute approximate surface area is 207 Å². The smallest absolute Gasteiger partial charge is 0.228 e. The van der Waals surface area contributed by atoms with Crippen LogP contribution in [0.25, 0.3) is 10.9 Å². The van der Waals surface area contributed by atoms with Crippen LogP contribution >= 0.6 is 0 Å². The zero-order valence-corrected chi connectivity index (χ0v) is 21.8. The zero-order valence-electron chi connectivity index (χ0n) is 21.8. The maximum absolute atomic E-state index is 10.4. The van der Waals surface area contributed by atoms with Gasteiger partial charge >= 0.3 is 0 Å². The zero-order chi connectivity index (χ0) is 25.0. The molecule has 0 radical (unpaired) electrons. The predicted octanol–water partition coefficient (Wildman–Crippen LogP) is 4.04. The Morgan fingerprint density at radius 1 is 1.17 bits per heavy atom. The lowest BCUT2D eigenvalue weighted by molar-refractivity contribution is -0.00214. The van der Waals surface area contributed by atoms with Gasteiger partial charge in [0, 0.05) is 30.1 Å². The minimum atomic E-state index is -0.414. The van der Waals surface area contributed by atoms with Gasteiger partial charge in [-0.1, -0.05) is 20.8 Å². The van der Waals surface area contributed by atoms with Gasteiger partial charge in [-0.05, 0) is 69.0 Å². The molecule has 2 N–H and O–H groups in total. The Morgan fingerprint density at radius 2 is 1.91 bits per heavy atom. The summed E-state index contributed by atoms with van der Waals surface area (Å²) in [5.41, 5.74) is 4.34.